The lowest BCUT2D eigenvalue weighted by molar-refractivity contribution is -0.136. The first-order valence-electron chi connectivity index (χ1n) is 6.97. The van der Waals surface area contributed by atoms with E-state index in [1.165, 1.54) is 0 Å². The zero-order valence-electron chi connectivity index (χ0n) is 12.7. The minimum absolute atomic E-state index is 0.0819. The van der Waals surface area contributed by atoms with Gasteiger partial charge in [-0.05, 0) is 13.3 Å². The minimum atomic E-state index is -0.971. The van der Waals surface area contributed by atoms with Gasteiger partial charge in [0.05, 0.1) is 5.69 Å². The number of rotatable bonds is 5. The van der Waals surface area contributed by atoms with Crippen LogP contribution < -0.4 is 5.56 Å². The zero-order valence-corrected chi connectivity index (χ0v) is 13.5. The van der Waals surface area contributed by atoms with Crippen LogP contribution in [-0.2, 0) is 4.79 Å². The monoisotopic (exact) mass is 329 g/mol. The number of nitrogens with zero attached hydrogens (tertiary/aromatic N) is 2. The van der Waals surface area contributed by atoms with Gasteiger partial charge in [0.15, 0.2) is 5.16 Å². The summed E-state index contributed by atoms with van der Waals surface area (Å²) in [6, 6.07) is 9.14. The molecule has 0 fully saturated rings. The first-order chi connectivity index (χ1) is 11.0. The summed E-state index contributed by atoms with van der Waals surface area (Å²) in [6.45, 7) is 3.68. The van der Waals surface area contributed by atoms with Crippen molar-refractivity contribution in [2.75, 3.05) is 0 Å². The van der Waals surface area contributed by atoms with E-state index in [1.54, 1.807) is 19.1 Å². The number of nitrogens with one attached hydrogen (secondary N) is 1. The van der Waals surface area contributed by atoms with Crippen LogP contribution >= 0.6 is 11.8 Å². The summed E-state index contributed by atoms with van der Waals surface area (Å²) >= 11 is 0.967. The third-order valence-corrected chi connectivity index (χ3v) is 4.47. The summed E-state index contributed by atoms with van der Waals surface area (Å²) < 4.78 is 0. The Kier molecular flexibility index (Phi) is 5.19. The molecule has 0 bridgehead atoms. The second-order valence-corrected chi connectivity index (χ2v) is 6.12. The topological polar surface area (TPSA) is 107 Å². The van der Waals surface area contributed by atoms with Crippen molar-refractivity contribution >= 4 is 17.7 Å². The van der Waals surface area contributed by atoms with Gasteiger partial charge in [0.25, 0.3) is 5.56 Å². The second kappa shape index (κ2) is 7.11. The molecule has 2 rings (SSSR count). The van der Waals surface area contributed by atoms with Crippen molar-refractivity contribution in [2.24, 2.45) is 0 Å². The molecule has 1 heterocycles. The van der Waals surface area contributed by atoms with Gasteiger partial charge in [-0.15, -0.1) is 0 Å². The van der Waals surface area contributed by atoms with E-state index < -0.39 is 16.8 Å². The maximum atomic E-state index is 12.1. The van der Waals surface area contributed by atoms with Crippen LogP contribution in [0.25, 0.3) is 11.3 Å². The third kappa shape index (κ3) is 3.79. The first-order valence-corrected chi connectivity index (χ1v) is 7.85. The highest BCUT2D eigenvalue weighted by Crippen LogP contribution is 2.25. The molecule has 0 amide bonds. The molecule has 0 radical (unpaired) electrons. The van der Waals surface area contributed by atoms with Gasteiger partial charge >= 0.3 is 5.97 Å². The molecule has 7 heteroatoms. The molecule has 118 valence electrons. The Hall–Kier alpha value is -2.59. The number of carbonyl (C=O) groups is 1. The quantitative estimate of drug-likeness (QED) is 0.645. The fourth-order valence-electron chi connectivity index (χ4n) is 1.98. The molecule has 1 aromatic carbocycles. The van der Waals surface area contributed by atoms with Crippen molar-refractivity contribution < 1.29 is 9.90 Å². The van der Waals surface area contributed by atoms with Gasteiger partial charge in [0, 0.05) is 5.56 Å². The van der Waals surface area contributed by atoms with Crippen molar-refractivity contribution in [3.63, 3.8) is 0 Å². The number of H-pyrrole nitrogens is 1. The molecule has 0 aliphatic carbocycles. The number of thioether (sulfide) groups is 1. The van der Waals surface area contributed by atoms with Gasteiger partial charge in [-0.25, -0.2) is 4.98 Å². The summed E-state index contributed by atoms with van der Waals surface area (Å²) in [5.74, 6) is -0.971. The van der Waals surface area contributed by atoms with E-state index in [0.29, 0.717) is 12.0 Å². The van der Waals surface area contributed by atoms with Gasteiger partial charge in [0.2, 0.25) is 0 Å². The van der Waals surface area contributed by atoms with Crippen molar-refractivity contribution in [1.82, 2.24) is 9.97 Å². The van der Waals surface area contributed by atoms with E-state index in [4.69, 9.17) is 5.11 Å². The standard InChI is InChI=1S/C16H15N3O3S/c1-3-12(15(21)22)23-16-18-13(11(8-17)14(20)19-16)10-6-4-9(2)5-7-10/h4-7,12H,3H2,1-2H3,(H,21,22)(H,18,19,20). The smallest absolute Gasteiger partial charge is 0.317 e. The van der Waals surface area contributed by atoms with E-state index in [-0.39, 0.29) is 16.4 Å². The molecular weight excluding hydrogens is 314 g/mol. The number of carboxylic acid groups (broad SMARTS) is 1. The minimum Gasteiger partial charge on any atom is -0.480 e. The normalized spacial score (nSPS) is 11.7. The molecule has 0 aliphatic heterocycles. The lowest BCUT2D eigenvalue weighted by Gasteiger charge is -2.10. The summed E-state index contributed by atoms with van der Waals surface area (Å²) in [7, 11) is 0. The van der Waals surface area contributed by atoms with Crippen LogP contribution in [-0.4, -0.2) is 26.3 Å². The average Bonchev–Trinajstić information content (AvgIpc) is 2.52. The van der Waals surface area contributed by atoms with Crippen LogP contribution in [0.5, 0.6) is 0 Å². The third-order valence-electron chi connectivity index (χ3n) is 3.23. The van der Waals surface area contributed by atoms with Crippen molar-refractivity contribution in [1.29, 1.82) is 5.26 Å². The van der Waals surface area contributed by atoms with E-state index in [1.807, 2.05) is 25.1 Å². The van der Waals surface area contributed by atoms with Crippen molar-refractivity contribution in [2.45, 2.75) is 30.7 Å². The lowest BCUT2D eigenvalue weighted by Crippen LogP contribution is -2.19. The number of aliphatic carboxylic acids is 1. The Morgan fingerprint density at radius 2 is 2.09 bits per heavy atom. The molecule has 0 saturated carbocycles. The molecule has 0 saturated heterocycles. The molecule has 0 aliphatic rings. The lowest BCUT2D eigenvalue weighted by atomic mass is 10.1. The Morgan fingerprint density at radius 1 is 1.43 bits per heavy atom. The van der Waals surface area contributed by atoms with E-state index >= 15 is 0 Å². The number of hydrogen-bond donors (Lipinski definition) is 2. The van der Waals surface area contributed by atoms with Crippen LogP contribution in [0.3, 0.4) is 0 Å². The summed E-state index contributed by atoms with van der Waals surface area (Å²) in [4.78, 5) is 30.0. The van der Waals surface area contributed by atoms with E-state index in [9.17, 15) is 14.9 Å². The highest BCUT2D eigenvalue weighted by atomic mass is 32.2. The van der Waals surface area contributed by atoms with Crippen LogP contribution in [0.4, 0.5) is 0 Å². The molecule has 2 aromatic rings. The van der Waals surface area contributed by atoms with E-state index in [0.717, 1.165) is 17.3 Å². The number of hydrogen-bond acceptors (Lipinski definition) is 5. The fourth-order valence-corrected chi connectivity index (χ4v) is 2.81. The SMILES string of the molecule is CCC(Sc1nc(-c2ccc(C)cc2)c(C#N)c(=O)[nH]1)C(=O)O. The Bertz CT molecular complexity index is 822. The highest BCUT2D eigenvalue weighted by Gasteiger charge is 2.20. The molecule has 23 heavy (non-hydrogen) atoms. The maximum Gasteiger partial charge on any atom is 0.317 e. The summed E-state index contributed by atoms with van der Waals surface area (Å²) in [5.41, 5.74) is 1.30. The number of benzene rings is 1. The Morgan fingerprint density at radius 3 is 2.61 bits per heavy atom. The van der Waals surface area contributed by atoms with Gasteiger partial charge in [-0.1, -0.05) is 48.5 Å². The van der Waals surface area contributed by atoms with Crippen LogP contribution in [0, 0.1) is 18.3 Å². The fraction of sp³-hybridized carbons (Fsp3) is 0.250. The zero-order chi connectivity index (χ0) is 17.0. The van der Waals surface area contributed by atoms with Crippen molar-refractivity contribution in [3.05, 3.63) is 45.7 Å². The summed E-state index contributed by atoms with van der Waals surface area (Å²) in [6.07, 6.45) is 0.392. The van der Waals surface area contributed by atoms with Crippen LogP contribution in [0.15, 0.2) is 34.2 Å². The number of aromatic amines is 1. The first kappa shape index (κ1) is 16.8. The van der Waals surface area contributed by atoms with Gasteiger partial charge in [-0.2, -0.15) is 5.26 Å². The van der Waals surface area contributed by atoms with Gasteiger partial charge < -0.3 is 10.1 Å². The average molecular weight is 329 g/mol. The van der Waals surface area contributed by atoms with Crippen molar-refractivity contribution in [3.8, 4) is 17.3 Å². The number of carboxylic acids is 1. The number of aromatic nitrogens is 2. The Labute approximate surface area is 137 Å². The predicted molar refractivity (Wildman–Crippen MR) is 87.3 cm³/mol. The molecule has 2 N–H and O–H groups in total. The molecule has 1 unspecified atom stereocenters. The molecule has 1 atom stereocenters. The van der Waals surface area contributed by atoms with Gasteiger partial charge in [0.1, 0.15) is 16.9 Å². The Balaban J connectivity index is 2.53. The molecule has 6 nitrogen and oxygen atoms in total. The largest absolute Gasteiger partial charge is 0.480 e. The maximum absolute atomic E-state index is 12.1. The molecular formula is C16H15N3O3S. The van der Waals surface area contributed by atoms with Crippen LogP contribution in [0.2, 0.25) is 0 Å². The van der Waals surface area contributed by atoms with Crippen LogP contribution in [0.1, 0.15) is 24.5 Å². The summed E-state index contributed by atoms with van der Waals surface area (Å²) in [5, 5.41) is 17.8. The molecule has 0 spiro atoms. The van der Waals surface area contributed by atoms with Gasteiger partial charge in [-0.3, -0.25) is 9.59 Å². The predicted octanol–water partition coefficient (Wildman–Crippen LogP) is 2.57. The number of nitriles is 1. The number of aryl methyl sites for hydroxylation is 1. The second-order valence-electron chi connectivity index (χ2n) is 4.93. The highest BCUT2D eigenvalue weighted by molar-refractivity contribution is 8.00. The molecule has 1 aromatic heterocycles. The van der Waals surface area contributed by atoms with E-state index in [2.05, 4.69) is 9.97 Å².